The molecule has 0 amide bonds. The summed E-state index contributed by atoms with van der Waals surface area (Å²) in [6.07, 6.45) is -3.16. The molecular formula is C18H21BF3NO3. The van der Waals surface area contributed by atoms with Gasteiger partial charge in [0.2, 0.25) is 0 Å². The average molecular weight is 367 g/mol. The van der Waals surface area contributed by atoms with Gasteiger partial charge >= 0.3 is 13.3 Å². The number of halogens is 3. The lowest BCUT2D eigenvalue weighted by atomic mass is 9.77. The Balaban J connectivity index is 2.21. The number of fused-ring (bicyclic) bond motifs is 1. The molecule has 0 radical (unpaired) electrons. The number of hydrogen-bond donors (Lipinski definition) is 0. The Bertz CT molecular complexity index is 868. The minimum Gasteiger partial charge on any atom is -0.454 e. The highest BCUT2D eigenvalue weighted by Gasteiger charge is 2.52. The van der Waals surface area contributed by atoms with Crippen LogP contribution in [0.15, 0.2) is 21.5 Å². The first-order valence-electron chi connectivity index (χ1n) is 8.29. The third kappa shape index (κ3) is 2.95. The molecule has 1 aromatic heterocycles. The van der Waals surface area contributed by atoms with Gasteiger partial charge in [-0.1, -0.05) is 6.07 Å². The number of hydrogen-bond acceptors (Lipinski definition) is 4. The molecule has 0 N–H and O–H groups in total. The van der Waals surface area contributed by atoms with E-state index in [1.165, 1.54) is 13.3 Å². The Kier molecular flexibility index (Phi) is 4.27. The average Bonchev–Trinajstić information content (AvgIpc) is 2.92. The lowest BCUT2D eigenvalue weighted by Crippen LogP contribution is -2.41. The zero-order valence-electron chi connectivity index (χ0n) is 15.6. The van der Waals surface area contributed by atoms with E-state index in [9.17, 15) is 13.2 Å². The maximum absolute atomic E-state index is 13.6. The predicted molar refractivity (Wildman–Crippen MR) is 95.2 cm³/mol. The van der Waals surface area contributed by atoms with Gasteiger partial charge in [0.05, 0.1) is 23.0 Å². The van der Waals surface area contributed by atoms with E-state index >= 15 is 0 Å². The fourth-order valence-corrected chi connectivity index (χ4v) is 2.93. The second-order valence-corrected chi connectivity index (χ2v) is 7.51. The monoisotopic (exact) mass is 367 g/mol. The van der Waals surface area contributed by atoms with Crippen LogP contribution >= 0.6 is 0 Å². The molecule has 4 nitrogen and oxygen atoms in total. The minimum atomic E-state index is -4.57. The third-order valence-electron chi connectivity index (χ3n) is 5.17. The molecule has 2 aromatic rings. The highest BCUT2D eigenvalue weighted by Crippen LogP contribution is 2.40. The summed E-state index contributed by atoms with van der Waals surface area (Å²) in [6.45, 7) is 9.13. The molecule has 140 valence electrons. The van der Waals surface area contributed by atoms with Crippen LogP contribution in [0, 0.1) is 6.92 Å². The smallest absolute Gasteiger partial charge is 0.454 e. The van der Waals surface area contributed by atoms with E-state index in [1.54, 1.807) is 13.0 Å². The van der Waals surface area contributed by atoms with Crippen LogP contribution in [0.4, 0.5) is 13.2 Å². The van der Waals surface area contributed by atoms with Crippen molar-refractivity contribution in [3.63, 3.8) is 0 Å². The number of alkyl halides is 3. The first kappa shape index (κ1) is 19.0. The van der Waals surface area contributed by atoms with Crippen molar-refractivity contribution < 1.29 is 26.9 Å². The van der Waals surface area contributed by atoms with Crippen LogP contribution in [-0.2, 0) is 15.5 Å². The van der Waals surface area contributed by atoms with Crippen molar-refractivity contribution in [2.24, 2.45) is 4.99 Å². The van der Waals surface area contributed by atoms with Gasteiger partial charge in [0.15, 0.2) is 0 Å². The van der Waals surface area contributed by atoms with Crippen LogP contribution in [0.1, 0.15) is 44.6 Å². The van der Waals surface area contributed by atoms with Gasteiger partial charge in [-0.3, -0.25) is 4.99 Å². The van der Waals surface area contributed by atoms with Crippen molar-refractivity contribution in [3.05, 3.63) is 29.0 Å². The Labute approximate surface area is 150 Å². The molecule has 2 heterocycles. The van der Waals surface area contributed by atoms with Crippen molar-refractivity contribution >= 4 is 29.8 Å². The molecule has 0 saturated carbocycles. The van der Waals surface area contributed by atoms with Gasteiger partial charge in [0.25, 0.3) is 0 Å². The van der Waals surface area contributed by atoms with E-state index in [0.717, 1.165) is 6.07 Å². The second-order valence-electron chi connectivity index (χ2n) is 7.51. The lowest BCUT2D eigenvalue weighted by molar-refractivity contribution is -0.136. The van der Waals surface area contributed by atoms with Crippen LogP contribution < -0.4 is 5.46 Å². The van der Waals surface area contributed by atoms with Crippen molar-refractivity contribution in [3.8, 4) is 0 Å². The summed E-state index contributed by atoms with van der Waals surface area (Å²) >= 11 is 0. The summed E-state index contributed by atoms with van der Waals surface area (Å²) in [4.78, 5) is 3.84. The maximum atomic E-state index is 13.6. The molecule has 26 heavy (non-hydrogen) atoms. The van der Waals surface area contributed by atoms with Gasteiger partial charge in [0, 0.05) is 18.0 Å². The second kappa shape index (κ2) is 5.86. The number of rotatable bonds is 2. The van der Waals surface area contributed by atoms with Crippen LogP contribution in [0.25, 0.3) is 11.0 Å². The van der Waals surface area contributed by atoms with E-state index in [1.807, 2.05) is 27.7 Å². The van der Waals surface area contributed by atoms with E-state index in [0.29, 0.717) is 22.2 Å². The largest absolute Gasteiger partial charge is 0.494 e. The van der Waals surface area contributed by atoms with Crippen molar-refractivity contribution in [2.75, 3.05) is 7.05 Å². The van der Waals surface area contributed by atoms with Crippen LogP contribution in [0.3, 0.4) is 0 Å². The number of aliphatic imine (C=N–C) groups is 1. The Morgan fingerprint density at radius 1 is 1.08 bits per heavy atom. The molecule has 8 heteroatoms. The molecule has 3 rings (SSSR count). The number of furan rings is 1. The highest BCUT2D eigenvalue weighted by atomic mass is 19.4. The Morgan fingerprint density at radius 2 is 1.65 bits per heavy atom. The molecule has 1 aliphatic heterocycles. The highest BCUT2D eigenvalue weighted by molar-refractivity contribution is 6.62. The third-order valence-corrected chi connectivity index (χ3v) is 5.17. The molecular weight excluding hydrogens is 346 g/mol. The van der Waals surface area contributed by atoms with Gasteiger partial charge in [-0.15, -0.1) is 0 Å². The molecule has 1 aliphatic rings. The van der Waals surface area contributed by atoms with Gasteiger partial charge in [-0.2, -0.15) is 13.2 Å². The maximum Gasteiger partial charge on any atom is 0.494 e. The summed E-state index contributed by atoms with van der Waals surface area (Å²) in [5.41, 5.74) is -1.43. The zero-order chi connectivity index (χ0) is 19.5. The first-order chi connectivity index (χ1) is 11.9. The summed E-state index contributed by atoms with van der Waals surface area (Å²) in [5.74, 6) is 0.305. The molecule has 0 unspecified atom stereocenters. The minimum absolute atomic E-state index is 0.204. The first-order valence-corrected chi connectivity index (χ1v) is 8.29. The van der Waals surface area contributed by atoms with E-state index < -0.39 is 30.1 Å². The number of benzene rings is 1. The summed E-state index contributed by atoms with van der Waals surface area (Å²) in [6, 6.07) is 2.68. The molecule has 0 aliphatic carbocycles. The van der Waals surface area contributed by atoms with Gasteiger partial charge in [0.1, 0.15) is 11.3 Å². The topological polar surface area (TPSA) is 44.0 Å². The van der Waals surface area contributed by atoms with Crippen molar-refractivity contribution in [1.29, 1.82) is 0 Å². The SMILES string of the molecule is CN=Cc1oc2c(C(F)(F)F)cc(B3OC(C)(C)C(C)(C)O3)cc2c1C. The number of aryl methyl sites for hydroxylation is 1. The standard InChI is InChI=1S/C18H21BF3NO3/c1-10-12-7-11(19-25-16(2,3)17(4,5)26-19)8-13(18(20,21)22)15(12)24-14(10)9-23-6/h7-9H,1-6H3. The molecule has 0 atom stereocenters. The zero-order valence-corrected chi connectivity index (χ0v) is 15.6. The van der Waals surface area contributed by atoms with Gasteiger partial charge in [-0.05, 0) is 46.1 Å². The summed E-state index contributed by atoms with van der Waals surface area (Å²) in [5, 5.41) is 0.374. The van der Waals surface area contributed by atoms with Gasteiger partial charge in [-0.25, -0.2) is 0 Å². The molecule has 1 fully saturated rings. The normalized spacial score (nSPS) is 19.8. The summed E-state index contributed by atoms with van der Waals surface area (Å²) in [7, 11) is 0.649. The van der Waals surface area contributed by atoms with E-state index in [4.69, 9.17) is 13.7 Å². The lowest BCUT2D eigenvalue weighted by Gasteiger charge is -2.32. The fourth-order valence-electron chi connectivity index (χ4n) is 2.93. The fraction of sp³-hybridized carbons (Fsp3) is 0.500. The van der Waals surface area contributed by atoms with Crippen LogP contribution in [0.2, 0.25) is 0 Å². The Hall–Kier alpha value is -1.80. The molecule has 0 bridgehead atoms. The van der Waals surface area contributed by atoms with Gasteiger partial charge < -0.3 is 13.7 Å². The predicted octanol–water partition coefficient (Wildman–Crippen LogP) is 4.11. The number of nitrogens with zero attached hydrogens (tertiary/aromatic N) is 1. The molecule has 1 aromatic carbocycles. The molecule has 1 saturated heterocycles. The van der Waals surface area contributed by atoms with E-state index in [2.05, 4.69) is 4.99 Å². The van der Waals surface area contributed by atoms with Crippen molar-refractivity contribution in [1.82, 2.24) is 0 Å². The van der Waals surface area contributed by atoms with Crippen LogP contribution in [0.5, 0.6) is 0 Å². The van der Waals surface area contributed by atoms with Crippen molar-refractivity contribution in [2.45, 2.75) is 52.0 Å². The van der Waals surface area contributed by atoms with E-state index in [-0.39, 0.29) is 5.58 Å². The summed E-state index contributed by atoms with van der Waals surface area (Å²) < 4.78 is 58.2. The quantitative estimate of drug-likeness (QED) is 0.593. The van der Waals surface area contributed by atoms with Crippen LogP contribution in [-0.4, -0.2) is 31.6 Å². The molecule has 0 spiro atoms. The Morgan fingerprint density at radius 3 is 2.15 bits per heavy atom.